The Balaban J connectivity index is 1.29. The number of nitrogens with two attached hydrogens (primary N) is 1. The van der Waals surface area contributed by atoms with E-state index in [1.807, 2.05) is 5.57 Å². The Morgan fingerprint density at radius 2 is 1.85 bits per heavy atom. The molecule has 2 bridgehead atoms. The monoisotopic (exact) mass is 537 g/mol. The molecule has 3 heteroatoms. The van der Waals surface area contributed by atoms with Gasteiger partial charge < -0.3 is 15.2 Å². The first-order valence-corrected chi connectivity index (χ1v) is 16.7. The molecule has 4 saturated carbocycles. The van der Waals surface area contributed by atoms with E-state index in [0.717, 1.165) is 24.2 Å². The van der Waals surface area contributed by atoms with Gasteiger partial charge >= 0.3 is 0 Å². The molecule has 0 aromatic rings. The highest BCUT2D eigenvalue weighted by molar-refractivity contribution is 5.42. The van der Waals surface area contributed by atoms with E-state index in [0.29, 0.717) is 41.3 Å². The Bertz CT molecular complexity index is 1040. The highest BCUT2D eigenvalue weighted by atomic mass is 16.5. The molecule has 1 heterocycles. The van der Waals surface area contributed by atoms with E-state index in [9.17, 15) is 0 Å². The van der Waals surface area contributed by atoms with Crippen LogP contribution in [0.1, 0.15) is 120 Å². The van der Waals surface area contributed by atoms with E-state index >= 15 is 0 Å². The number of hydrogen-bond acceptors (Lipinski definition) is 3. The van der Waals surface area contributed by atoms with E-state index < -0.39 is 0 Å². The quantitative estimate of drug-likeness (QED) is 0.315. The Morgan fingerprint density at radius 1 is 1.10 bits per heavy atom. The van der Waals surface area contributed by atoms with Crippen molar-refractivity contribution in [3.8, 4) is 0 Å². The van der Waals surface area contributed by atoms with Gasteiger partial charge in [-0.25, -0.2) is 0 Å². The topological polar surface area (TPSA) is 44.5 Å². The van der Waals surface area contributed by atoms with E-state index in [1.54, 1.807) is 0 Å². The van der Waals surface area contributed by atoms with Crippen LogP contribution in [0.5, 0.6) is 0 Å². The van der Waals surface area contributed by atoms with Gasteiger partial charge in [0.1, 0.15) is 5.60 Å². The molecule has 6 aliphatic rings. The smallest absolute Gasteiger partial charge is 0.112 e. The normalized spacial score (nSPS) is 48.7. The Kier molecular flexibility index (Phi) is 6.43. The Morgan fingerprint density at radius 3 is 2.51 bits per heavy atom. The van der Waals surface area contributed by atoms with Crippen LogP contribution in [-0.2, 0) is 9.47 Å². The van der Waals surface area contributed by atoms with E-state index in [-0.39, 0.29) is 22.0 Å². The minimum Gasteiger partial charge on any atom is -0.495 e. The van der Waals surface area contributed by atoms with Crippen molar-refractivity contribution in [2.45, 2.75) is 137 Å². The van der Waals surface area contributed by atoms with Crippen LogP contribution in [0.3, 0.4) is 0 Å². The van der Waals surface area contributed by atoms with Gasteiger partial charge in [0.25, 0.3) is 0 Å². The summed E-state index contributed by atoms with van der Waals surface area (Å²) >= 11 is 0. The van der Waals surface area contributed by atoms with Crippen molar-refractivity contribution in [3.63, 3.8) is 0 Å². The predicted molar refractivity (Wildman–Crippen MR) is 161 cm³/mol. The van der Waals surface area contributed by atoms with Crippen molar-refractivity contribution in [1.29, 1.82) is 0 Å². The highest BCUT2D eigenvalue weighted by Crippen LogP contribution is 2.83. The fraction of sp³-hybridized carbons (Fsp3) is 0.889. The fourth-order valence-corrected chi connectivity index (χ4v) is 11.3. The van der Waals surface area contributed by atoms with Crippen LogP contribution < -0.4 is 5.73 Å². The number of fused-ring (bicyclic) bond motifs is 3. The van der Waals surface area contributed by atoms with Crippen LogP contribution in [0.25, 0.3) is 0 Å². The zero-order chi connectivity index (χ0) is 28.2. The molecule has 0 saturated heterocycles. The van der Waals surface area contributed by atoms with Gasteiger partial charge in [-0.2, -0.15) is 0 Å². The van der Waals surface area contributed by atoms with Crippen molar-refractivity contribution in [1.82, 2.24) is 0 Å². The van der Waals surface area contributed by atoms with Gasteiger partial charge in [0, 0.05) is 11.0 Å². The van der Waals surface area contributed by atoms with Gasteiger partial charge in [-0.15, -0.1) is 0 Å². The molecule has 0 radical (unpaired) electrons. The van der Waals surface area contributed by atoms with Gasteiger partial charge in [0.05, 0.1) is 19.0 Å². The predicted octanol–water partition coefficient (Wildman–Crippen LogP) is 8.68. The lowest BCUT2D eigenvalue weighted by molar-refractivity contribution is -0.174. The summed E-state index contributed by atoms with van der Waals surface area (Å²) in [6, 6.07) is 0. The molecule has 1 aliphatic heterocycles. The minimum absolute atomic E-state index is 0.0243. The van der Waals surface area contributed by atoms with Crippen molar-refractivity contribution in [3.05, 3.63) is 24.0 Å². The summed E-state index contributed by atoms with van der Waals surface area (Å²) in [4.78, 5) is 0. The third-order valence-electron chi connectivity index (χ3n) is 14.7. The summed E-state index contributed by atoms with van der Waals surface area (Å²) in [7, 11) is 0. The average molecular weight is 538 g/mol. The van der Waals surface area contributed by atoms with Crippen LogP contribution in [0, 0.1) is 57.2 Å². The van der Waals surface area contributed by atoms with Gasteiger partial charge in [-0.1, -0.05) is 67.0 Å². The molecule has 4 fully saturated rings. The van der Waals surface area contributed by atoms with Gasteiger partial charge in [0.2, 0.25) is 0 Å². The molecule has 0 amide bonds. The fourth-order valence-electron chi connectivity index (χ4n) is 11.3. The van der Waals surface area contributed by atoms with E-state index in [4.69, 9.17) is 15.2 Å². The summed E-state index contributed by atoms with van der Waals surface area (Å²) in [6.45, 7) is 22.1. The van der Waals surface area contributed by atoms with Crippen LogP contribution in [-0.4, -0.2) is 23.9 Å². The second-order valence-electron chi connectivity index (χ2n) is 16.8. The molecule has 220 valence electrons. The second kappa shape index (κ2) is 8.85. The lowest BCUT2D eigenvalue weighted by Gasteiger charge is -2.66. The minimum atomic E-state index is -0.268. The Hall–Kier alpha value is -0.800. The number of rotatable bonds is 8. The van der Waals surface area contributed by atoms with E-state index in [2.05, 4.69) is 80.7 Å². The molecule has 11 atom stereocenters. The molecular weight excluding hydrogens is 478 g/mol. The standard InChI is InChI=1S/C36H59NO2/c1-10-30(38-22-33(9,37)24(4)5)31(7)19-26-20-36(26)28-13-14-34-17-18-39-35(21-34,25(6)23(2)3)16-15-32(34,8)27(28)11-12-29(31)36/h13,17-18,23-27,29-30H,10-12,14-16,19-22,37H2,1-9H3/t25-,26?,27?,29?,30?,31+,32?,33+,34-,35-,36?/m1/s1. The summed E-state index contributed by atoms with van der Waals surface area (Å²) in [5, 5.41) is 0. The third kappa shape index (κ3) is 3.66. The lowest BCUT2D eigenvalue weighted by atomic mass is 9.40. The van der Waals surface area contributed by atoms with Crippen molar-refractivity contribution in [2.24, 2.45) is 62.9 Å². The molecule has 2 N–H and O–H groups in total. The third-order valence-corrected chi connectivity index (χ3v) is 14.7. The molecule has 39 heavy (non-hydrogen) atoms. The molecule has 6 unspecified atom stereocenters. The first kappa shape index (κ1) is 28.3. The number of allylic oxidation sites excluding steroid dienone is 3. The van der Waals surface area contributed by atoms with Crippen LogP contribution in [0.4, 0.5) is 0 Å². The number of hydrogen-bond donors (Lipinski definition) is 1. The summed E-state index contributed by atoms with van der Waals surface area (Å²) < 4.78 is 13.4. The maximum absolute atomic E-state index is 6.80. The maximum Gasteiger partial charge on any atom is 0.112 e. The van der Waals surface area contributed by atoms with Crippen LogP contribution in [0.2, 0.25) is 0 Å². The second-order valence-corrected chi connectivity index (χ2v) is 16.8. The van der Waals surface area contributed by atoms with Crippen molar-refractivity contribution in [2.75, 3.05) is 6.61 Å². The highest BCUT2D eigenvalue weighted by Gasteiger charge is 2.76. The summed E-state index contributed by atoms with van der Waals surface area (Å²) in [6.07, 6.45) is 19.3. The molecular formula is C36H59NO2. The molecule has 0 aromatic carbocycles. The number of ether oxygens (including phenoxy) is 2. The molecule has 3 nitrogen and oxygen atoms in total. The zero-order valence-electron chi connectivity index (χ0n) is 26.7. The average Bonchev–Trinajstić information content (AvgIpc) is 3.49. The van der Waals surface area contributed by atoms with Crippen LogP contribution >= 0.6 is 0 Å². The van der Waals surface area contributed by atoms with Crippen molar-refractivity contribution >= 4 is 0 Å². The van der Waals surface area contributed by atoms with Gasteiger partial charge in [0.15, 0.2) is 0 Å². The van der Waals surface area contributed by atoms with Gasteiger partial charge in [-0.05, 0) is 123 Å². The molecule has 6 rings (SSSR count). The van der Waals surface area contributed by atoms with E-state index in [1.165, 1.54) is 51.4 Å². The van der Waals surface area contributed by atoms with Crippen molar-refractivity contribution < 1.29 is 9.47 Å². The first-order valence-electron chi connectivity index (χ1n) is 16.7. The zero-order valence-corrected chi connectivity index (χ0v) is 26.7. The molecule has 5 aliphatic carbocycles. The largest absolute Gasteiger partial charge is 0.495 e. The van der Waals surface area contributed by atoms with Gasteiger partial charge in [-0.3, -0.25) is 0 Å². The summed E-state index contributed by atoms with van der Waals surface area (Å²) in [5.74, 6) is 4.01. The Labute approximate surface area is 240 Å². The molecule has 0 aromatic heterocycles. The SMILES string of the molecule is CCC(OC[C@](C)(N)C(C)C)[C@@]1(C)CC2CC23C2=CC[C@]45C=CO[C@]([C@H](C)C(C)C)(CCC4(C)C2CCC31)C5. The molecule has 2 spiro atoms. The first-order chi connectivity index (χ1) is 18.2. The maximum atomic E-state index is 6.80. The lowest BCUT2D eigenvalue weighted by Crippen LogP contribution is -2.61. The van der Waals surface area contributed by atoms with Crippen LogP contribution in [0.15, 0.2) is 24.0 Å². The summed E-state index contributed by atoms with van der Waals surface area (Å²) in [5.41, 5.74) is 9.65.